The van der Waals surface area contributed by atoms with Gasteiger partial charge in [-0.2, -0.15) is 0 Å². The van der Waals surface area contributed by atoms with Crippen LogP contribution in [-0.4, -0.2) is 18.5 Å². The second-order valence-electron chi connectivity index (χ2n) is 5.10. The van der Waals surface area contributed by atoms with Crippen LogP contribution in [0.15, 0.2) is 46.1 Å². The highest BCUT2D eigenvalue weighted by Gasteiger charge is 2.17. The van der Waals surface area contributed by atoms with Crippen LogP contribution in [0, 0.1) is 0 Å². The Hall–Kier alpha value is -2.67. The number of imidazole rings is 1. The lowest BCUT2D eigenvalue weighted by Crippen LogP contribution is -2.37. The number of hydrogen-bond donors (Lipinski definition) is 0. The summed E-state index contributed by atoms with van der Waals surface area (Å²) in [6.45, 7) is 0. The Morgan fingerprint density at radius 2 is 1.77 bits per heavy atom. The minimum atomic E-state index is -0.365. The minimum absolute atomic E-state index is 0.315. The smallest absolute Gasteiger partial charge is 0.280 e. The zero-order chi connectivity index (χ0) is 15.4. The van der Waals surface area contributed by atoms with E-state index in [-0.39, 0.29) is 11.2 Å². The molecule has 0 aliphatic rings. The molecule has 0 aliphatic heterocycles. The SMILES string of the molecule is Cn1c(=O)c2nc3sc(-c4ccccc4)cn3c2n(C)c1=O. The Balaban J connectivity index is 2.12. The van der Waals surface area contributed by atoms with E-state index in [1.54, 1.807) is 7.05 Å². The predicted molar refractivity (Wildman–Crippen MR) is 86.5 cm³/mol. The van der Waals surface area contributed by atoms with Gasteiger partial charge in [0.25, 0.3) is 5.56 Å². The van der Waals surface area contributed by atoms with Gasteiger partial charge in [0.05, 0.1) is 4.88 Å². The zero-order valence-electron chi connectivity index (χ0n) is 12.0. The van der Waals surface area contributed by atoms with E-state index in [0.29, 0.717) is 16.1 Å². The molecule has 0 unspecified atom stereocenters. The van der Waals surface area contributed by atoms with E-state index in [9.17, 15) is 9.59 Å². The molecule has 3 heterocycles. The molecule has 4 aromatic rings. The molecule has 0 N–H and O–H groups in total. The molecule has 4 rings (SSSR count). The fraction of sp³-hybridized carbons (Fsp3) is 0.133. The molecule has 22 heavy (non-hydrogen) atoms. The number of nitrogens with zero attached hydrogens (tertiary/aromatic N) is 4. The van der Waals surface area contributed by atoms with Crippen molar-refractivity contribution in [3.63, 3.8) is 0 Å². The van der Waals surface area contributed by atoms with Crippen LogP contribution >= 0.6 is 11.3 Å². The summed E-state index contributed by atoms with van der Waals surface area (Å²) in [6.07, 6.45) is 1.92. The van der Waals surface area contributed by atoms with Gasteiger partial charge in [-0.1, -0.05) is 41.7 Å². The molecule has 3 aromatic heterocycles. The molecule has 1 aromatic carbocycles. The Morgan fingerprint density at radius 1 is 1.05 bits per heavy atom. The summed E-state index contributed by atoms with van der Waals surface area (Å²) < 4.78 is 4.35. The first-order chi connectivity index (χ1) is 10.6. The average molecular weight is 312 g/mol. The molecule has 0 atom stereocenters. The Kier molecular flexibility index (Phi) is 2.61. The van der Waals surface area contributed by atoms with Crippen molar-refractivity contribution in [2.75, 3.05) is 0 Å². The molecule has 0 saturated heterocycles. The van der Waals surface area contributed by atoms with Crippen molar-refractivity contribution in [3.05, 3.63) is 57.4 Å². The van der Waals surface area contributed by atoms with Crippen LogP contribution in [0.25, 0.3) is 26.6 Å². The number of aryl methyl sites for hydroxylation is 1. The van der Waals surface area contributed by atoms with Gasteiger partial charge < -0.3 is 0 Å². The highest BCUT2D eigenvalue weighted by molar-refractivity contribution is 7.20. The standard InChI is InChI=1S/C15H12N4O2S/c1-17-12-11(13(20)18(2)15(17)21)16-14-19(12)8-10(22-14)9-6-4-3-5-7-9/h3-8H,1-2H3. The van der Waals surface area contributed by atoms with E-state index < -0.39 is 0 Å². The molecule has 6 nitrogen and oxygen atoms in total. The molecule has 0 saturated carbocycles. The molecule has 0 spiro atoms. The van der Waals surface area contributed by atoms with E-state index in [0.717, 1.165) is 15.0 Å². The highest BCUT2D eigenvalue weighted by Crippen LogP contribution is 2.29. The molecule has 110 valence electrons. The summed E-state index contributed by atoms with van der Waals surface area (Å²) in [5, 5.41) is 0. The first-order valence-corrected chi connectivity index (χ1v) is 7.52. The lowest BCUT2D eigenvalue weighted by atomic mass is 10.2. The van der Waals surface area contributed by atoms with E-state index in [2.05, 4.69) is 4.98 Å². The number of thiazole rings is 1. The highest BCUT2D eigenvalue weighted by atomic mass is 32.1. The number of fused-ring (bicyclic) bond motifs is 3. The normalized spacial score (nSPS) is 11.5. The Morgan fingerprint density at radius 3 is 2.50 bits per heavy atom. The lowest BCUT2D eigenvalue weighted by Gasteiger charge is -2.03. The van der Waals surface area contributed by atoms with Gasteiger partial charge in [-0.15, -0.1) is 0 Å². The van der Waals surface area contributed by atoms with Crippen molar-refractivity contribution in [2.24, 2.45) is 14.1 Å². The zero-order valence-corrected chi connectivity index (χ0v) is 12.8. The second-order valence-corrected chi connectivity index (χ2v) is 6.11. The van der Waals surface area contributed by atoms with Crippen LogP contribution in [-0.2, 0) is 14.1 Å². The van der Waals surface area contributed by atoms with Gasteiger partial charge in [-0.05, 0) is 5.56 Å². The quantitative estimate of drug-likeness (QED) is 0.536. The van der Waals surface area contributed by atoms with Crippen LogP contribution in [0.1, 0.15) is 0 Å². The van der Waals surface area contributed by atoms with Gasteiger partial charge >= 0.3 is 5.69 Å². The second kappa shape index (κ2) is 4.41. The Bertz CT molecular complexity index is 1130. The maximum atomic E-state index is 12.2. The van der Waals surface area contributed by atoms with Crippen LogP contribution in [0.4, 0.5) is 0 Å². The van der Waals surface area contributed by atoms with Crippen LogP contribution in [0.3, 0.4) is 0 Å². The monoisotopic (exact) mass is 312 g/mol. The summed E-state index contributed by atoms with van der Waals surface area (Å²) in [6, 6.07) is 9.95. The molecule has 0 bridgehead atoms. The van der Waals surface area contributed by atoms with Crippen molar-refractivity contribution in [3.8, 4) is 10.4 Å². The summed E-state index contributed by atoms with van der Waals surface area (Å²) >= 11 is 1.49. The third-order valence-electron chi connectivity index (χ3n) is 3.76. The third-order valence-corrected chi connectivity index (χ3v) is 4.79. The van der Waals surface area contributed by atoms with Crippen molar-refractivity contribution >= 4 is 27.5 Å². The van der Waals surface area contributed by atoms with E-state index >= 15 is 0 Å². The molecule has 0 fully saturated rings. The summed E-state index contributed by atoms with van der Waals surface area (Å²) in [5.74, 6) is 0. The van der Waals surface area contributed by atoms with Crippen molar-refractivity contribution in [2.45, 2.75) is 0 Å². The fourth-order valence-corrected chi connectivity index (χ4v) is 3.58. The maximum Gasteiger partial charge on any atom is 0.332 e. The topological polar surface area (TPSA) is 61.3 Å². The summed E-state index contributed by atoms with van der Waals surface area (Å²) in [4.78, 5) is 30.5. The van der Waals surface area contributed by atoms with E-state index in [1.165, 1.54) is 23.0 Å². The van der Waals surface area contributed by atoms with Crippen LogP contribution in [0.5, 0.6) is 0 Å². The van der Waals surface area contributed by atoms with Crippen molar-refractivity contribution in [1.82, 2.24) is 18.5 Å². The van der Waals surface area contributed by atoms with Gasteiger partial charge in [0.2, 0.25) is 0 Å². The molecule has 0 aliphatic carbocycles. The molecular formula is C15H12N4O2S. The fourth-order valence-electron chi connectivity index (χ4n) is 2.60. The first-order valence-electron chi connectivity index (χ1n) is 6.71. The number of benzene rings is 1. The average Bonchev–Trinajstić information content (AvgIpc) is 3.09. The van der Waals surface area contributed by atoms with Gasteiger partial charge in [0.15, 0.2) is 16.1 Å². The van der Waals surface area contributed by atoms with Gasteiger partial charge in [-0.25, -0.2) is 9.78 Å². The van der Waals surface area contributed by atoms with Gasteiger partial charge in [0, 0.05) is 20.3 Å². The summed E-state index contributed by atoms with van der Waals surface area (Å²) in [7, 11) is 3.12. The van der Waals surface area contributed by atoms with E-state index in [1.807, 2.05) is 40.9 Å². The molecule has 7 heteroatoms. The first kappa shape index (κ1) is 13.0. The van der Waals surface area contributed by atoms with Gasteiger partial charge in [-0.3, -0.25) is 18.3 Å². The van der Waals surface area contributed by atoms with Crippen LogP contribution < -0.4 is 11.2 Å². The maximum absolute atomic E-state index is 12.2. The number of hydrogen-bond acceptors (Lipinski definition) is 4. The largest absolute Gasteiger partial charge is 0.332 e. The predicted octanol–water partition coefficient (Wildman–Crippen LogP) is 1.61. The molecular weight excluding hydrogens is 300 g/mol. The van der Waals surface area contributed by atoms with E-state index in [4.69, 9.17) is 0 Å². The van der Waals surface area contributed by atoms with Gasteiger partial charge in [0.1, 0.15) is 0 Å². The van der Waals surface area contributed by atoms with Crippen molar-refractivity contribution < 1.29 is 0 Å². The van der Waals surface area contributed by atoms with Crippen molar-refractivity contribution in [1.29, 1.82) is 0 Å². The van der Waals surface area contributed by atoms with Crippen LogP contribution in [0.2, 0.25) is 0 Å². The minimum Gasteiger partial charge on any atom is -0.280 e. The summed E-state index contributed by atoms with van der Waals surface area (Å²) in [5.41, 5.74) is 1.21. The number of rotatable bonds is 1. The lowest BCUT2D eigenvalue weighted by molar-refractivity contribution is 0.706. The third kappa shape index (κ3) is 1.62. The Labute approximate surface area is 128 Å². The molecule has 0 amide bonds. The number of aromatic nitrogens is 4. The molecule has 0 radical (unpaired) electrons.